The summed E-state index contributed by atoms with van der Waals surface area (Å²) in [5.74, 6) is -0.124. The van der Waals surface area contributed by atoms with E-state index in [1.54, 1.807) is 18.2 Å². The number of carbonyl (C=O) groups is 2. The van der Waals surface area contributed by atoms with Crippen LogP contribution in [0.4, 0.5) is 0 Å². The molecule has 1 fully saturated rings. The molecule has 1 aliphatic heterocycles. The molecule has 1 heterocycles. The third-order valence-electron chi connectivity index (χ3n) is 3.14. The van der Waals surface area contributed by atoms with Crippen molar-refractivity contribution in [2.45, 2.75) is 25.4 Å². The molecule has 1 aromatic carbocycles. The first kappa shape index (κ1) is 15.6. The molecule has 21 heavy (non-hydrogen) atoms. The van der Waals surface area contributed by atoms with E-state index in [4.69, 9.17) is 21.1 Å². The number of hydrogen-bond acceptors (Lipinski definition) is 4. The molecule has 1 aliphatic rings. The Bertz CT molecular complexity index is 530. The smallest absolute Gasteiger partial charge is 0.267 e. The van der Waals surface area contributed by atoms with E-state index >= 15 is 0 Å². The van der Waals surface area contributed by atoms with Crippen LogP contribution in [0.15, 0.2) is 18.2 Å². The number of rotatable bonds is 4. The second-order valence-electron chi connectivity index (χ2n) is 4.67. The predicted molar refractivity (Wildman–Crippen MR) is 77.0 cm³/mol. The monoisotopic (exact) mass is 312 g/mol. The second kappa shape index (κ2) is 7.28. The number of amides is 2. The lowest BCUT2D eigenvalue weighted by Gasteiger charge is -2.12. The van der Waals surface area contributed by atoms with Crippen molar-refractivity contribution >= 4 is 23.4 Å². The summed E-state index contributed by atoms with van der Waals surface area (Å²) >= 11 is 5.90. The van der Waals surface area contributed by atoms with Gasteiger partial charge in [0.25, 0.3) is 5.91 Å². The van der Waals surface area contributed by atoms with Gasteiger partial charge in [-0.25, -0.2) is 0 Å². The van der Waals surface area contributed by atoms with E-state index in [0.717, 1.165) is 6.42 Å². The van der Waals surface area contributed by atoms with Crippen LogP contribution in [-0.2, 0) is 20.7 Å². The number of halogens is 1. The van der Waals surface area contributed by atoms with Crippen LogP contribution in [0.5, 0.6) is 5.75 Å². The van der Waals surface area contributed by atoms with Crippen molar-refractivity contribution in [3.05, 3.63) is 28.8 Å². The summed E-state index contributed by atoms with van der Waals surface area (Å²) in [5.41, 5.74) is 5.37. The van der Waals surface area contributed by atoms with Crippen LogP contribution in [-0.4, -0.2) is 31.6 Å². The maximum absolute atomic E-state index is 11.8. The van der Waals surface area contributed by atoms with Gasteiger partial charge in [-0.15, -0.1) is 0 Å². The van der Waals surface area contributed by atoms with Crippen molar-refractivity contribution < 1.29 is 19.1 Å². The Morgan fingerprint density at radius 3 is 2.90 bits per heavy atom. The van der Waals surface area contributed by atoms with Gasteiger partial charge in [0, 0.05) is 17.2 Å². The molecule has 2 amide bonds. The Morgan fingerprint density at radius 1 is 1.43 bits per heavy atom. The largest absolute Gasteiger partial charge is 0.496 e. The van der Waals surface area contributed by atoms with Gasteiger partial charge < -0.3 is 9.47 Å². The molecule has 1 aromatic rings. The SMILES string of the molecule is COc1ccc(Cl)cc1CC(=O)NNC(=O)C1CCCO1. The molecule has 2 N–H and O–H groups in total. The molecule has 0 spiro atoms. The van der Waals surface area contributed by atoms with Crippen LogP contribution in [0, 0.1) is 0 Å². The van der Waals surface area contributed by atoms with Gasteiger partial charge in [0.1, 0.15) is 11.9 Å². The molecule has 0 aromatic heterocycles. The molecule has 2 rings (SSSR count). The number of hydrogen-bond donors (Lipinski definition) is 2. The van der Waals surface area contributed by atoms with E-state index in [1.165, 1.54) is 7.11 Å². The Hall–Kier alpha value is -1.79. The van der Waals surface area contributed by atoms with Gasteiger partial charge in [-0.2, -0.15) is 0 Å². The fraction of sp³-hybridized carbons (Fsp3) is 0.429. The quantitative estimate of drug-likeness (QED) is 0.820. The van der Waals surface area contributed by atoms with Gasteiger partial charge in [-0.3, -0.25) is 20.4 Å². The maximum atomic E-state index is 11.8. The van der Waals surface area contributed by atoms with Gasteiger partial charge in [0.15, 0.2) is 0 Å². The number of nitrogens with one attached hydrogen (secondary N) is 2. The van der Waals surface area contributed by atoms with Gasteiger partial charge in [0.2, 0.25) is 5.91 Å². The molecular weight excluding hydrogens is 296 g/mol. The second-order valence-corrected chi connectivity index (χ2v) is 5.11. The minimum absolute atomic E-state index is 0.0511. The topological polar surface area (TPSA) is 76.7 Å². The number of methoxy groups -OCH3 is 1. The third kappa shape index (κ3) is 4.34. The highest BCUT2D eigenvalue weighted by Gasteiger charge is 2.23. The molecule has 1 atom stereocenters. The van der Waals surface area contributed by atoms with Gasteiger partial charge >= 0.3 is 0 Å². The minimum atomic E-state index is -0.481. The van der Waals surface area contributed by atoms with Crippen molar-refractivity contribution in [1.29, 1.82) is 0 Å². The molecule has 7 heteroatoms. The number of carbonyl (C=O) groups excluding carboxylic acids is 2. The predicted octanol–water partition coefficient (Wildman–Crippen LogP) is 1.22. The number of ether oxygens (including phenoxy) is 2. The summed E-state index contributed by atoms with van der Waals surface area (Å²) in [6.07, 6.45) is 1.09. The fourth-order valence-electron chi connectivity index (χ4n) is 2.10. The summed E-state index contributed by atoms with van der Waals surface area (Å²) < 4.78 is 10.4. The van der Waals surface area contributed by atoms with E-state index in [-0.39, 0.29) is 18.2 Å². The maximum Gasteiger partial charge on any atom is 0.267 e. The van der Waals surface area contributed by atoms with Gasteiger partial charge in [0.05, 0.1) is 13.5 Å². The van der Waals surface area contributed by atoms with Crippen LogP contribution in [0.3, 0.4) is 0 Å². The Kier molecular flexibility index (Phi) is 5.41. The molecule has 1 unspecified atom stereocenters. The van der Waals surface area contributed by atoms with Gasteiger partial charge in [-0.1, -0.05) is 11.6 Å². The van der Waals surface area contributed by atoms with E-state index in [0.29, 0.717) is 29.4 Å². The van der Waals surface area contributed by atoms with Crippen LogP contribution < -0.4 is 15.6 Å². The lowest BCUT2D eigenvalue weighted by Crippen LogP contribution is -2.46. The summed E-state index contributed by atoms with van der Waals surface area (Å²) in [4.78, 5) is 23.5. The summed E-state index contributed by atoms with van der Waals surface area (Å²) in [7, 11) is 1.52. The minimum Gasteiger partial charge on any atom is -0.496 e. The lowest BCUT2D eigenvalue weighted by molar-refractivity contribution is -0.134. The van der Waals surface area contributed by atoms with E-state index in [9.17, 15) is 9.59 Å². The highest BCUT2D eigenvalue weighted by Crippen LogP contribution is 2.22. The van der Waals surface area contributed by atoms with Crippen molar-refractivity contribution in [2.75, 3.05) is 13.7 Å². The summed E-state index contributed by atoms with van der Waals surface area (Å²) in [5, 5.41) is 0.516. The molecule has 0 aliphatic carbocycles. The number of benzene rings is 1. The van der Waals surface area contributed by atoms with E-state index in [2.05, 4.69) is 10.9 Å². The Labute approximate surface area is 127 Å². The Balaban J connectivity index is 1.86. The molecule has 1 saturated heterocycles. The first-order chi connectivity index (χ1) is 10.1. The number of hydrazine groups is 1. The van der Waals surface area contributed by atoms with Crippen molar-refractivity contribution in [3.63, 3.8) is 0 Å². The fourth-order valence-corrected chi connectivity index (χ4v) is 2.29. The average Bonchev–Trinajstić information content (AvgIpc) is 2.99. The van der Waals surface area contributed by atoms with Crippen LogP contribution in [0.25, 0.3) is 0 Å². The third-order valence-corrected chi connectivity index (χ3v) is 3.38. The van der Waals surface area contributed by atoms with Crippen molar-refractivity contribution in [1.82, 2.24) is 10.9 Å². The zero-order valence-electron chi connectivity index (χ0n) is 11.6. The van der Waals surface area contributed by atoms with Crippen LogP contribution >= 0.6 is 11.6 Å². The first-order valence-electron chi connectivity index (χ1n) is 6.63. The standard InChI is InChI=1S/C14H17ClN2O4/c1-20-11-5-4-10(15)7-9(11)8-13(18)16-17-14(19)12-3-2-6-21-12/h4-5,7,12H,2-3,6,8H2,1H3,(H,16,18)(H,17,19). The average molecular weight is 313 g/mol. The molecule has 0 bridgehead atoms. The zero-order valence-corrected chi connectivity index (χ0v) is 12.4. The molecule has 0 radical (unpaired) electrons. The van der Waals surface area contributed by atoms with Crippen LogP contribution in [0.2, 0.25) is 5.02 Å². The molecule has 114 valence electrons. The highest BCUT2D eigenvalue weighted by atomic mass is 35.5. The normalized spacial score (nSPS) is 17.3. The van der Waals surface area contributed by atoms with Crippen molar-refractivity contribution in [3.8, 4) is 5.75 Å². The van der Waals surface area contributed by atoms with Crippen molar-refractivity contribution in [2.24, 2.45) is 0 Å². The zero-order chi connectivity index (χ0) is 15.2. The summed E-state index contributed by atoms with van der Waals surface area (Å²) in [6.45, 7) is 0.575. The molecule has 6 nitrogen and oxygen atoms in total. The van der Waals surface area contributed by atoms with Crippen LogP contribution in [0.1, 0.15) is 18.4 Å². The highest BCUT2D eigenvalue weighted by molar-refractivity contribution is 6.30. The summed E-state index contributed by atoms with van der Waals surface area (Å²) in [6, 6.07) is 5.03. The van der Waals surface area contributed by atoms with E-state index in [1.807, 2.05) is 0 Å². The first-order valence-corrected chi connectivity index (χ1v) is 7.00. The molecule has 0 saturated carbocycles. The van der Waals surface area contributed by atoms with E-state index < -0.39 is 6.10 Å². The molecular formula is C14H17ClN2O4. The Morgan fingerprint density at radius 2 is 2.24 bits per heavy atom. The lowest BCUT2D eigenvalue weighted by atomic mass is 10.1. The van der Waals surface area contributed by atoms with Gasteiger partial charge in [-0.05, 0) is 31.0 Å².